The van der Waals surface area contributed by atoms with Gasteiger partial charge < -0.3 is 20.1 Å². The van der Waals surface area contributed by atoms with E-state index in [1.165, 1.54) is 13.2 Å². The summed E-state index contributed by atoms with van der Waals surface area (Å²) in [5.74, 6) is 0.945. The standard InChI is InChI=1S/C15H20F2N2O3/c1-9(10-3-4-10)19-15(20)18-8-11-5-6-12(21-2)7-13(11)22-14(16)17/h5-7,9-10,14H,3-4,8H2,1-2H3,(H2,18,19,20)/t9-/m1/s1. The maximum Gasteiger partial charge on any atom is 0.387 e. The number of carbonyl (C=O) groups is 1. The molecule has 1 atom stereocenters. The molecule has 0 bridgehead atoms. The summed E-state index contributed by atoms with van der Waals surface area (Å²) in [4.78, 5) is 11.8. The third kappa shape index (κ3) is 4.75. The lowest BCUT2D eigenvalue weighted by molar-refractivity contribution is -0.0505. The van der Waals surface area contributed by atoms with Crippen LogP contribution < -0.4 is 20.1 Å². The molecule has 1 saturated carbocycles. The lowest BCUT2D eigenvalue weighted by Gasteiger charge is -2.15. The van der Waals surface area contributed by atoms with Crippen molar-refractivity contribution in [2.24, 2.45) is 5.92 Å². The Morgan fingerprint density at radius 1 is 1.41 bits per heavy atom. The van der Waals surface area contributed by atoms with Crippen molar-refractivity contribution >= 4 is 6.03 Å². The number of urea groups is 1. The maximum absolute atomic E-state index is 12.4. The molecule has 1 aliphatic rings. The molecule has 1 aliphatic carbocycles. The van der Waals surface area contributed by atoms with Gasteiger partial charge in [0.2, 0.25) is 0 Å². The third-order valence-electron chi connectivity index (χ3n) is 3.62. The zero-order valence-corrected chi connectivity index (χ0v) is 12.6. The molecular formula is C15H20F2N2O3. The molecule has 122 valence electrons. The molecule has 1 fully saturated rings. The summed E-state index contributed by atoms with van der Waals surface area (Å²) in [6, 6.07) is 4.38. The Morgan fingerprint density at radius 3 is 2.73 bits per heavy atom. The predicted octanol–water partition coefficient (Wildman–Crippen LogP) is 2.89. The molecule has 2 rings (SSSR count). The number of carbonyl (C=O) groups excluding carboxylic acids is 1. The normalized spacial score (nSPS) is 15.3. The van der Waals surface area contributed by atoms with Gasteiger partial charge in [-0.15, -0.1) is 0 Å². The van der Waals surface area contributed by atoms with Crippen LogP contribution in [0, 0.1) is 5.92 Å². The van der Waals surface area contributed by atoms with E-state index in [-0.39, 0.29) is 24.4 Å². The Kier molecular flexibility index (Phi) is 5.41. The first kappa shape index (κ1) is 16.3. The molecule has 0 radical (unpaired) electrons. The van der Waals surface area contributed by atoms with Crippen molar-refractivity contribution in [2.45, 2.75) is 39.0 Å². The van der Waals surface area contributed by atoms with Gasteiger partial charge in [-0.3, -0.25) is 0 Å². The minimum Gasteiger partial charge on any atom is -0.497 e. The van der Waals surface area contributed by atoms with Crippen molar-refractivity contribution in [2.75, 3.05) is 7.11 Å². The van der Waals surface area contributed by atoms with Gasteiger partial charge in [0, 0.05) is 24.2 Å². The number of benzene rings is 1. The molecule has 0 spiro atoms. The van der Waals surface area contributed by atoms with Crippen LogP contribution in [0.2, 0.25) is 0 Å². The van der Waals surface area contributed by atoms with Gasteiger partial charge in [-0.25, -0.2) is 4.79 Å². The molecular weight excluding hydrogens is 294 g/mol. The summed E-state index contributed by atoms with van der Waals surface area (Å²) >= 11 is 0. The zero-order valence-electron chi connectivity index (χ0n) is 12.6. The second kappa shape index (κ2) is 7.29. The minimum atomic E-state index is -2.94. The fourth-order valence-corrected chi connectivity index (χ4v) is 2.16. The zero-order chi connectivity index (χ0) is 16.1. The molecule has 0 saturated heterocycles. The average Bonchev–Trinajstić information content (AvgIpc) is 3.29. The van der Waals surface area contributed by atoms with Crippen LogP contribution in [0.15, 0.2) is 18.2 Å². The van der Waals surface area contributed by atoms with E-state index < -0.39 is 6.61 Å². The van der Waals surface area contributed by atoms with Crippen molar-refractivity contribution in [1.82, 2.24) is 10.6 Å². The van der Waals surface area contributed by atoms with E-state index in [2.05, 4.69) is 15.4 Å². The SMILES string of the molecule is COc1ccc(CNC(=O)N[C@H](C)C2CC2)c(OC(F)F)c1. The highest BCUT2D eigenvalue weighted by atomic mass is 19.3. The van der Waals surface area contributed by atoms with Crippen molar-refractivity contribution in [3.05, 3.63) is 23.8 Å². The van der Waals surface area contributed by atoms with Gasteiger partial charge in [0.1, 0.15) is 11.5 Å². The Hall–Kier alpha value is -2.05. The van der Waals surface area contributed by atoms with Crippen molar-refractivity contribution in [3.8, 4) is 11.5 Å². The second-order valence-corrected chi connectivity index (χ2v) is 5.31. The smallest absolute Gasteiger partial charge is 0.387 e. The topological polar surface area (TPSA) is 59.6 Å². The summed E-state index contributed by atoms with van der Waals surface area (Å²) in [5.41, 5.74) is 0.454. The van der Waals surface area contributed by atoms with Gasteiger partial charge in [-0.05, 0) is 37.8 Å². The second-order valence-electron chi connectivity index (χ2n) is 5.31. The molecule has 1 aromatic carbocycles. The summed E-state index contributed by atoms with van der Waals surface area (Å²) in [5, 5.41) is 5.48. The molecule has 1 aromatic rings. The number of nitrogens with one attached hydrogen (secondary N) is 2. The van der Waals surface area contributed by atoms with Crippen LogP contribution in [0.25, 0.3) is 0 Å². The monoisotopic (exact) mass is 314 g/mol. The first-order chi connectivity index (χ1) is 10.5. The van der Waals surface area contributed by atoms with Crippen LogP contribution in [-0.2, 0) is 6.54 Å². The van der Waals surface area contributed by atoms with Gasteiger partial charge in [0.15, 0.2) is 0 Å². The number of halogens is 2. The summed E-state index contributed by atoms with van der Waals surface area (Å²) < 4.78 is 34.3. The summed E-state index contributed by atoms with van der Waals surface area (Å²) in [6.07, 6.45) is 2.26. The molecule has 0 aromatic heterocycles. The third-order valence-corrected chi connectivity index (χ3v) is 3.62. The van der Waals surface area contributed by atoms with Crippen molar-refractivity contribution in [3.63, 3.8) is 0 Å². The molecule has 22 heavy (non-hydrogen) atoms. The molecule has 0 aliphatic heterocycles. The van der Waals surface area contributed by atoms with E-state index in [0.29, 0.717) is 17.2 Å². The molecule has 2 amide bonds. The molecule has 0 unspecified atom stereocenters. The number of ether oxygens (including phenoxy) is 2. The number of hydrogen-bond donors (Lipinski definition) is 2. The minimum absolute atomic E-state index is 0.00936. The highest BCUT2D eigenvalue weighted by Crippen LogP contribution is 2.32. The van der Waals surface area contributed by atoms with Crippen molar-refractivity contribution in [1.29, 1.82) is 0 Å². The average molecular weight is 314 g/mol. The lowest BCUT2D eigenvalue weighted by Crippen LogP contribution is -2.41. The number of alkyl halides is 2. The largest absolute Gasteiger partial charge is 0.497 e. The van der Waals surface area contributed by atoms with Crippen LogP contribution in [0.3, 0.4) is 0 Å². The highest BCUT2D eigenvalue weighted by Gasteiger charge is 2.28. The van der Waals surface area contributed by atoms with Gasteiger partial charge >= 0.3 is 12.6 Å². The fourth-order valence-electron chi connectivity index (χ4n) is 2.16. The molecule has 5 nitrogen and oxygen atoms in total. The summed E-state index contributed by atoms with van der Waals surface area (Å²) in [6.45, 7) is -0.889. The molecule has 2 N–H and O–H groups in total. The molecule has 7 heteroatoms. The van der Waals surface area contributed by atoms with Crippen molar-refractivity contribution < 1.29 is 23.0 Å². The van der Waals surface area contributed by atoms with Gasteiger partial charge in [-0.2, -0.15) is 8.78 Å². The number of amides is 2. The Bertz CT molecular complexity index is 522. The quantitative estimate of drug-likeness (QED) is 0.813. The Balaban J connectivity index is 1.93. The van der Waals surface area contributed by atoms with Crippen LogP contribution >= 0.6 is 0 Å². The van der Waals surface area contributed by atoms with E-state index in [4.69, 9.17) is 4.74 Å². The van der Waals surface area contributed by atoms with Gasteiger partial charge in [0.05, 0.1) is 7.11 Å². The van der Waals surface area contributed by atoms with Crippen LogP contribution in [0.5, 0.6) is 11.5 Å². The lowest BCUT2D eigenvalue weighted by atomic mass is 10.2. The number of hydrogen-bond acceptors (Lipinski definition) is 3. The van der Waals surface area contributed by atoms with Gasteiger partial charge in [0.25, 0.3) is 0 Å². The van der Waals surface area contributed by atoms with Crippen LogP contribution in [-0.4, -0.2) is 25.8 Å². The van der Waals surface area contributed by atoms with E-state index in [9.17, 15) is 13.6 Å². The number of rotatable bonds is 7. The molecule has 0 heterocycles. The first-order valence-corrected chi connectivity index (χ1v) is 7.15. The van der Waals surface area contributed by atoms with E-state index in [0.717, 1.165) is 12.8 Å². The summed E-state index contributed by atoms with van der Waals surface area (Å²) in [7, 11) is 1.44. The van der Waals surface area contributed by atoms with Gasteiger partial charge in [-0.1, -0.05) is 0 Å². The highest BCUT2D eigenvalue weighted by molar-refractivity contribution is 5.74. The Morgan fingerprint density at radius 2 is 2.14 bits per heavy atom. The Labute approximate surface area is 128 Å². The fraction of sp³-hybridized carbons (Fsp3) is 0.533. The van der Waals surface area contributed by atoms with E-state index >= 15 is 0 Å². The van der Waals surface area contributed by atoms with Crippen LogP contribution in [0.1, 0.15) is 25.3 Å². The van der Waals surface area contributed by atoms with E-state index in [1.54, 1.807) is 12.1 Å². The van der Waals surface area contributed by atoms with Crippen LogP contribution in [0.4, 0.5) is 13.6 Å². The maximum atomic E-state index is 12.4. The predicted molar refractivity (Wildman–Crippen MR) is 77.2 cm³/mol. The van der Waals surface area contributed by atoms with E-state index in [1.807, 2.05) is 6.92 Å². The first-order valence-electron chi connectivity index (χ1n) is 7.15. The number of methoxy groups -OCH3 is 1.